The summed E-state index contributed by atoms with van der Waals surface area (Å²) in [6, 6.07) is 14.8. The number of hydrogen-bond donors (Lipinski definition) is 4. The molecule has 0 amide bonds. The predicted molar refractivity (Wildman–Crippen MR) is 164 cm³/mol. The third-order valence-corrected chi connectivity index (χ3v) is 7.51. The predicted octanol–water partition coefficient (Wildman–Crippen LogP) is 2.58. The number of carbonyl (C=O) groups is 3. The Bertz CT molecular complexity index is 1390. The lowest BCUT2D eigenvalue weighted by Gasteiger charge is -2.30. The Balaban J connectivity index is 0.000000360. The fourth-order valence-electron chi connectivity index (χ4n) is 5.14. The highest BCUT2D eigenvalue weighted by Crippen LogP contribution is 2.24. The molecule has 4 N–H and O–H groups in total. The Morgan fingerprint density at radius 2 is 1.64 bits per heavy atom. The normalized spacial score (nSPS) is 13.6. The summed E-state index contributed by atoms with van der Waals surface area (Å²) < 4.78 is 13.2. The van der Waals surface area contributed by atoms with Crippen molar-refractivity contribution in [2.24, 2.45) is 0 Å². The summed E-state index contributed by atoms with van der Waals surface area (Å²) in [5.41, 5.74) is 3.58. The van der Waals surface area contributed by atoms with Crippen LogP contribution >= 0.6 is 0 Å². The molecule has 3 aromatic rings. The first-order valence-corrected chi connectivity index (χ1v) is 14.5. The Hall–Kier alpha value is -4.30. The van der Waals surface area contributed by atoms with E-state index in [1.165, 1.54) is 28.2 Å². The van der Waals surface area contributed by atoms with Crippen LogP contribution in [0.25, 0.3) is 5.69 Å². The summed E-state index contributed by atoms with van der Waals surface area (Å²) in [5.74, 6) is -4.14. The van der Waals surface area contributed by atoms with Crippen molar-refractivity contribution < 1.29 is 44.3 Å². The average molecular weight is 627 g/mol. The van der Waals surface area contributed by atoms with E-state index in [0.29, 0.717) is 0 Å². The van der Waals surface area contributed by atoms with E-state index < -0.39 is 36.4 Å². The fraction of sp³-hybridized carbons (Fsp3) is 0.438. The molecule has 1 fully saturated rings. The number of morpholine rings is 1. The Morgan fingerprint density at radius 1 is 1.00 bits per heavy atom. The van der Waals surface area contributed by atoms with Crippen molar-refractivity contribution in [2.45, 2.75) is 45.4 Å². The van der Waals surface area contributed by atoms with E-state index in [2.05, 4.69) is 57.5 Å². The van der Waals surface area contributed by atoms with Gasteiger partial charge in [0.05, 0.1) is 33.2 Å². The van der Waals surface area contributed by atoms with Crippen LogP contribution in [0.1, 0.15) is 35.4 Å². The third-order valence-electron chi connectivity index (χ3n) is 7.51. The zero-order chi connectivity index (χ0) is 33.0. The molecule has 13 heteroatoms. The molecule has 0 saturated carbocycles. The number of nitrogens with zero attached hydrogens (tertiary/aromatic N) is 4. The largest absolute Gasteiger partial charge is 0.497 e. The maximum absolute atomic E-state index is 10.3. The fourth-order valence-corrected chi connectivity index (χ4v) is 5.14. The zero-order valence-electron chi connectivity index (χ0n) is 25.9. The summed E-state index contributed by atoms with van der Waals surface area (Å²) in [5, 5.41) is 33.8. The second-order valence-electron chi connectivity index (χ2n) is 10.9. The SMILES string of the molecule is COc1ccc(-n2c(C)cc(CN(CCN3CCOCC3)Cc3cccnc3)c2C)cc1.O=C(O)CC(O)(CC(=O)O)C(=O)O. The van der Waals surface area contributed by atoms with Gasteiger partial charge in [-0.1, -0.05) is 6.07 Å². The second kappa shape index (κ2) is 16.7. The van der Waals surface area contributed by atoms with Crippen molar-refractivity contribution >= 4 is 17.9 Å². The summed E-state index contributed by atoms with van der Waals surface area (Å²) in [6.45, 7) is 12.0. The number of aromatic nitrogens is 2. The molecule has 1 aliphatic heterocycles. The number of ether oxygens (including phenoxy) is 2. The Labute approximate surface area is 262 Å². The van der Waals surface area contributed by atoms with E-state index in [4.69, 9.17) is 29.9 Å². The van der Waals surface area contributed by atoms with E-state index in [9.17, 15) is 14.4 Å². The van der Waals surface area contributed by atoms with Gasteiger partial charge in [0.15, 0.2) is 5.60 Å². The molecule has 1 aromatic carbocycles. The number of benzene rings is 1. The molecule has 0 radical (unpaired) electrons. The van der Waals surface area contributed by atoms with E-state index in [-0.39, 0.29) is 0 Å². The van der Waals surface area contributed by atoms with Crippen LogP contribution in [-0.4, -0.2) is 110 Å². The van der Waals surface area contributed by atoms with Gasteiger partial charge in [-0.05, 0) is 61.4 Å². The molecule has 244 valence electrons. The first-order chi connectivity index (χ1) is 21.4. The van der Waals surface area contributed by atoms with Crippen LogP contribution < -0.4 is 4.74 Å². The van der Waals surface area contributed by atoms with Crippen molar-refractivity contribution in [1.82, 2.24) is 19.4 Å². The van der Waals surface area contributed by atoms with Gasteiger partial charge < -0.3 is 34.5 Å². The molecule has 2 aromatic heterocycles. The summed E-state index contributed by atoms with van der Waals surface area (Å²) in [4.78, 5) is 39.8. The minimum absolute atomic E-state index is 0.839. The van der Waals surface area contributed by atoms with E-state index >= 15 is 0 Å². The number of methoxy groups -OCH3 is 1. The van der Waals surface area contributed by atoms with Gasteiger partial charge in [-0.25, -0.2) is 4.79 Å². The molecule has 3 heterocycles. The van der Waals surface area contributed by atoms with Crippen molar-refractivity contribution in [2.75, 3.05) is 46.5 Å². The van der Waals surface area contributed by atoms with Gasteiger partial charge in [0.1, 0.15) is 5.75 Å². The van der Waals surface area contributed by atoms with Crippen LogP contribution in [0.4, 0.5) is 0 Å². The minimum Gasteiger partial charge on any atom is -0.497 e. The third kappa shape index (κ3) is 10.7. The quantitative estimate of drug-likeness (QED) is 0.206. The van der Waals surface area contributed by atoms with Crippen LogP contribution in [-0.2, 0) is 32.2 Å². The molecular weight excluding hydrogens is 584 g/mol. The number of aliphatic carboxylic acids is 3. The number of pyridine rings is 1. The molecule has 1 aliphatic rings. The lowest BCUT2D eigenvalue weighted by atomic mass is 9.96. The van der Waals surface area contributed by atoms with Gasteiger partial charge in [0.25, 0.3) is 0 Å². The van der Waals surface area contributed by atoms with Gasteiger partial charge in [-0.15, -0.1) is 0 Å². The van der Waals surface area contributed by atoms with Crippen LogP contribution in [0.2, 0.25) is 0 Å². The number of hydrogen-bond acceptors (Lipinski definition) is 9. The molecule has 1 saturated heterocycles. The highest BCUT2D eigenvalue weighted by Gasteiger charge is 2.40. The number of carboxylic acids is 3. The van der Waals surface area contributed by atoms with Crippen LogP contribution in [0.5, 0.6) is 5.75 Å². The lowest BCUT2D eigenvalue weighted by Crippen LogP contribution is -2.42. The molecular formula is C32H42N4O9. The molecule has 0 atom stereocenters. The first-order valence-electron chi connectivity index (χ1n) is 14.5. The van der Waals surface area contributed by atoms with Gasteiger partial charge in [0, 0.05) is 68.7 Å². The molecule has 13 nitrogen and oxygen atoms in total. The molecule has 0 bridgehead atoms. The minimum atomic E-state index is -2.74. The van der Waals surface area contributed by atoms with Gasteiger partial charge in [0.2, 0.25) is 0 Å². The van der Waals surface area contributed by atoms with Crippen LogP contribution in [0.3, 0.4) is 0 Å². The van der Waals surface area contributed by atoms with Crippen LogP contribution in [0.15, 0.2) is 54.9 Å². The van der Waals surface area contributed by atoms with E-state index in [1.54, 1.807) is 7.11 Å². The van der Waals surface area contributed by atoms with E-state index in [0.717, 1.165) is 58.2 Å². The molecule has 45 heavy (non-hydrogen) atoms. The smallest absolute Gasteiger partial charge is 0.336 e. The van der Waals surface area contributed by atoms with E-state index in [1.807, 2.05) is 30.6 Å². The van der Waals surface area contributed by atoms with Crippen molar-refractivity contribution in [3.63, 3.8) is 0 Å². The summed E-state index contributed by atoms with van der Waals surface area (Å²) in [6.07, 6.45) is 1.52. The van der Waals surface area contributed by atoms with Crippen molar-refractivity contribution in [3.8, 4) is 11.4 Å². The second-order valence-corrected chi connectivity index (χ2v) is 10.9. The summed E-state index contributed by atoms with van der Waals surface area (Å²) >= 11 is 0. The molecule has 4 rings (SSSR count). The highest BCUT2D eigenvalue weighted by molar-refractivity contribution is 5.88. The van der Waals surface area contributed by atoms with Crippen LogP contribution in [0, 0.1) is 13.8 Å². The number of rotatable bonds is 14. The lowest BCUT2D eigenvalue weighted by molar-refractivity contribution is -0.170. The topological polar surface area (TPSA) is 175 Å². The Kier molecular flexibility index (Phi) is 13.0. The summed E-state index contributed by atoms with van der Waals surface area (Å²) in [7, 11) is 1.70. The average Bonchev–Trinajstić information content (AvgIpc) is 3.28. The first kappa shape index (κ1) is 35.2. The maximum atomic E-state index is 10.3. The maximum Gasteiger partial charge on any atom is 0.336 e. The monoisotopic (exact) mass is 626 g/mol. The van der Waals surface area contributed by atoms with Gasteiger partial charge in [-0.2, -0.15) is 0 Å². The standard InChI is InChI=1S/C26H34N4O2.C6H8O7/c1-21-17-24(22(2)30(21)25-6-8-26(31-3)9-7-25)20-29(19-23-5-4-10-27-18-23)12-11-28-13-15-32-16-14-28;7-3(8)1-6(13,5(11)12)2-4(9)10/h4-10,17-18H,11-16,19-20H2,1-3H3;13H,1-2H2,(H,7,8)(H,9,10)(H,11,12). The molecule has 0 unspecified atom stereocenters. The van der Waals surface area contributed by atoms with Crippen molar-refractivity contribution in [1.29, 1.82) is 0 Å². The van der Waals surface area contributed by atoms with Gasteiger partial charge in [-0.3, -0.25) is 24.4 Å². The molecule has 0 spiro atoms. The van der Waals surface area contributed by atoms with Crippen molar-refractivity contribution in [3.05, 3.63) is 77.4 Å². The zero-order valence-corrected chi connectivity index (χ0v) is 25.9. The van der Waals surface area contributed by atoms with Gasteiger partial charge >= 0.3 is 17.9 Å². The highest BCUT2D eigenvalue weighted by atomic mass is 16.5. The number of carboxylic acid groups (broad SMARTS) is 3. The Morgan fingerprint density at radius 3 is 2.18 bits per heavy atom. The number of aliphatic hydroxyl groups is 1. The molecule has 0 aliphatic carbocycles. The number of aryl methyl sites for hydroxylation is 1.